The van der Waals surface area contributed by atoms with Gasteiger partial charge in [-0.05, 0) is 49.9 Å². The SMILES string of the molecule is Cc1cc(C)cc(OCCn2c(=O)c(C#N)cn(C3CC3)c2=O)c1. The average Bonchev–Trinajstić information content (AvgIpc) is 3.34. The van der Waals surface area contributed by atoms with Crippen molar-refractivity contribution >= 4 is 0 Å². The Morgan fingerprint density at radius 1 is 1.21 bits per heavy atom. The highest BCUT2D eigenvalue weighted by Gasteiger charge is 2.26. The van der Waals surface area contributed by atoms with Crippen LogP contribution in [-0.2, 0) is 6.54 Å². The topological polar surface area (TPSA) is 77.0 Å². The lowest BCUT2D eigenvalue weighted by Gasteiger charge is -2.12. The van der Waals surface area contributed by atoms with E-state index in [0.717, 1.165) is 28.5 Å². The molecule has 1 aliphatic carbocycles. The Hall–Kier alpha value is -2.81. The zero-order chi connectivity index (χ0) is 17.3. The van der Waals surface area contributed by atoms with Crippen LogP contribution in [0.3, 0.4) is 0 Å². The maximum absolute atomic E-state index is 12.5. The summed E-state index contributed by atoms with van der Waals surface area (Å²) in [6.07, 6.45) is 3.19. The first-order valence-corrected chi connectivity index (χ1v) is 7.97. The molecule has 1 aliphatic rings. The molecule has 1 aromatic carbocycles. The van der Waals surface area contributed by atoms with Crippen molar-refractivity contribution in [1.82, 2.24) is 9.13 Å². The van der Waals surface area contributed by atoms with Gasteiger partial charge in [0.25, 0.3) is 5.56 Å². The summed E-state index contributed by atoms with van der Waals surface area (Å²) < 4.78 is 8.27. The second-order valence-corrected chi connectivity index (χ2v) is 6.20. The largest absolute Gasteiger partial charge is 0.492 e. The third-order valence-corrected chi connectivity index (χ3v) is 4.04. The van der Waals surface area contributed by atoms with Crippen LogP contribution in [0.5, 0.6) is 5.75 Å². The number of nitrogens with zero attached hydrogens (tertiary/aromatic N) is 3. The van der Waals surface area contributed by atoms with Crippen molar-refractivity contribution in [2.75, 3.05) is 6.61 Å². The summed E-state index contributed by atoms with van der Waals surface area (Å²) in [6, 6.07) is 7.84. The number of rotatable bonds is 5. The minimum absolute atomic E-state index is 0.00657. The van der Waals surface area contributed by atoms with Crippen LogP contribution in [-0.4, -0.2) is 15.7 Å². The van der Waals surface area contributed by atoms with Gasteiger partial charge in [-0.2, -0.15) is 5.26 Å². The summed E-state index contributed by atoms with van der Waals surface area (Å²) in [7, 11) is 0. The summed E-state index contributed by atoms with van der Waals surface area (Å²) in [4.78, 5) is 24.7. The predicted octanol–water partition coefficient (Wildman–Crippen LogP) is 1.91. The fourth-order valence-corrected chi connectivity index (χ4v) is 2.78. The van der Waals surface area contributed by atoms with E-state index in [2.05, 4.69) is 0 Å². The quantitative estimate of drug-likeness (QED) is 0.841. The van der Waals surface area contributed by atoms with Gasteiger partial charge in [0.1, 0.15) is 24.0 Å². The standard InChI is InChI=1S/C18H19N3O3/c1-12-7-13(2)9-16(8-12)24-6-5-20-17(22)14(10-19)11-21(18(20)23)15-3-4-15/h7-9,11,15H,3-6H2,1-2H3. The molecule has 6 heteroatoms. The Labute approximate surface area is 139 Å². The molecular formula is C18H19N3O3. The Bertz CT molecular complexity index is 910. The third-order valence-electron chi connectivity index (χ3n) is 4.04. The molecule has 24 heavy (non-hydrogen) atoms. The van der Waals surface area contributed by atoms with Crippen molar-refractivity contribution < 1.29 is 4.74 Å². The van der Waals surface area contributed by atoms with E-state index in [0.29, 0.717) is 5.75 Å². The molecule has 0 N–H and O–H groups in total. The molecule has 0 bridgehead atoms. The number of ether oxygens (including phenoxy) is 1. The lowest BCUT2D eigenvalue weighted by atomic mass is 10.1. The van der Waals surface area contributed by atoms with Gasteiger partial charge in [0, 0.05) is 12.2 Å². The van der Waals surface area contributed by atoms with Gasteiger partial charge >= 0.3 is 5.69 Å². The van der Waals surface area contributed by atoms with Crippen LogP contribution in [0.2, 0.25) is 0 Å². The van der Waals surface area contributed by atoms with Gasteiger partial charge in [0.2, 0.25) is 0 Å². The summed E-state index contributed by atoms with van der Waals surface area (Å²) >= 11 is 0. The first-order valence-electron chi connectivity index (χ1n) is 7.97. The van der Waals surface area contributed by atoms with Gasteiger partial charge in [-0.15, -0.1) is 0 Å². The molecular weight excluding hydrogens is 306 g/mol. The fourth-order valence-electron chi connectivity index (χ4n) is 2.78. The molecule has 0 radical (unpaired) electrons. The van der Waals surface area contributed by atoms with E-state index in [1.54, 1.807) is 0 Å². The second-order valence-electron chi connectivity index (χ2n) is 6.20. The highest BCUT2D eigenvalue weighted by Crippen LogP contribution is 2.33. The smallest absolute Gasteiger partial charge is 0.331 e. The molecule has 1 heterocycles. The number of hydrogen-bond acceptors (Lipinski definition) is 4. The summed E-state index contributed by atoms with van der Waals surface area (Å²) in [6.45, 7) is 4.27. The number of aryl methyl sites for hydroxylation is 2. The van der Waals surface area contributed by atoms with E-state index in [1.165, 1.54) is 10.8 Å². The van der Waals surface area contributed by atoms with Crippen LogP contribution in [0.1, 0.15) is 35.6 Å². The zero-order valence-electron chi connectivity index (χ0n) is 13.8. The lowest BCUT2D eigenvalue weighted by Crippen LogP contribution is -2.41. The molecule has 0 spiro atoms. The molecule has 1 saturated carbocycles. The number of hydrogen-bond donors (Lipinski definition) is 0. The predicted molar refractivity (Wildman–Crippen MR) is 89.4 cm³/mol. The Kier molecular flexibility index (Phi) is 4.26. The number of aromatic nitrogens is 2. The molecule has 0 atom stereocenters. The van der Waals surface area contributed by atoms with E-state index >= 15 is 0 Å². The van der Waals surface area contributed by atoms with E-state index < -0.39 is 5.56 Å². The molecule has 3 rings (SSSR count). The van der Waals surface area contributed by atoms with E-state index in [9.17, 15) is 9.59 Å². The van der Waals surface area contributed by atoms with Crippen molar-refractivity contribution in [2.24, 2.45) is 0 Å². The molecule has 0 unspecified atom stereocenters. The van der Waals surface area contributed by atoms with Crippen LogP contribution in [0.15, 0.2) is 34.0 Å². The van der Waals surface area contributed by atoms with Crippen LogP contribution >= 0.6 is 0 Å². The van der Waals surface area contributed by atoms with Gasteiger partial charge in [-0.1, -0.05) is 6.07 Å². The van der Waals surface area contributed by atoms with E-state index in [4.69, 9.17) is 10.00 Å². The van der Waals surface area contributed by atoms with Crippen LogP contribution < -0.4 is 16.0 Å². The Morgan fingerprint density at radius 2 is 1.88 bits per heavy atom. The lowest BCUT2D eigenvalue weighted by molar-refractivity contribution is 0.291. The van der Waals surface area contributed by atoms with Gasteiger partial charge in [0.05, 0.1) is 6.54 Å². The zero-order valence-corrected chi connectivity index (χ0v) is 13.8. The fraction of sp³-hybridized carbons (Fsp3) is 0.389. The average molecular weight is 325 g/mol. The van der Waals surface area contributed by atoms with Crippen molar-refractivity contribution in [3.8, 4) is 11.8 Å². The minimum Gasteiger partial charge on any atom is -0.492 e. The van der Waals surface area contributed by atoms with Gasteiger partial charge < -0.3 is 4.74 Å². The highest BCUT2D eigenvalue weighted by molar-refractivity contribution is 5.33. The molecule has 2 aromatic rings. The minimum atomic E-state index is -0.552. The molecule has 6 nitrogen and oxygen atoms in total. The maximum Gasteiger partial charge on any atom is 0.331 e. The molecule has 0 saturated heterocycles. The van der Waals surface area contributed by atoms with Crippen molar-refractivity contribution in [3.63, 3.8) is 0 Å². The number of nitriles is 1. The summed E-state index contributed by atoms with van der Waals surface area (Å²) in [5.74, 6) is 0.708. The van der Waals surface area contributed by atoms with Gasteiger partial charge in [-0.3, -0.25) is 13.9 Å². The van der Waals surface area contributed by atoms with Crippen molar-refractivity contribution in [1.29, 1.82) is 5.26 Å². The molecule has 1 fully saturated rings. The maximum atomic E-state index is 12.5. The first-order chi connectivity index (χ1) is 11.5. The first kappa shape index (κ1) is 16.1. The molecule has 0 amide bonds. The van der Waals surface area contributed by atoms with E-state index in [1.807, 2.05) is 38.1 Å². The Balaban J connectivity index is 1.82. The molecule has 0 aliphatic heterocycles. The highest BCUT2D eigenvalue weighted by atomic mass is 16.5. The summed E-state index contributed by atoms with van der Waals surface area (Å²) in [5.41, 5.74) is 1.25. The Morgan fingerprint density at radius 3 is 2.46 bits per heavy atom. The second kappa shape index (κ2) is 6.36. The summed E-state index contributed by atoms with van der Waals surface area (Å²) in [5, 5.41) is 9.11. The van der Waals surface area contributed by atoms with Crippen LogP contribution in [0.25, 0.3) is 0 Å². The van der Waals surface area contributed by atoms with E-state index in [-0.39, 0.29) is 30.4 Å². The molecule has 124 valence electrons. The van der Waals surface area contributed by atoms with Crippen molar-refractivity contribution in [3.05, 3.63) is 61.9 Å². The number of benzene rings is 1. The van der Waals surface area contributed by atoms with Crippen molar-refractivity contribution in [2.45, 2.75) is 39.3 Å². The normalized spacial score (nSPS) is 13.5. The third kappa shape index (κ3) is 3.25. The van der Waals surface area contributed by atoms with Crippen LogP contribution in [0, 0.1) is 25.2 Å². The molecule has 1 aromatic heterocycles. The monoisotopic (exact) mass is 325 g/mol. The van der Waals surface area contributed by atoms with Gasteiger partial charge in [0.15, 0.2) is 0 Å². The van der Waals surface area contributed by atoms with Gasteiger partial charge in [-0.25, -0.2) is 4.79 Å². The van der Waals surface area contributed by atoms with Crippen LogP contribution in [0.4, 0.5) is 0 Å².